The van der Waals surface area contributed by atoms with Crippen LogP contribution in [0.4, 0.5) is 13.2 Å². The summed E-state index contributed by atoms with van der Waals surface area (Å²) in [5.74, 6) is -0.828. The van der Waals surface area contributed by atoms with Gasteiger partial charge in [0.05, 0.1) is 10.8 Å². The number of carboxylic acids is 1. The van der Waals surface area contributed by atoms with Gasteiger partial charge in [-0.1, -0.05) is 20.8 Å². The number of likely N-dealkylation sites (tertiary alicyclic amines) is 1. The minimum atomic E-state index is -4.42. The number of halogens is 3. The molecule has 2 aromatic heterocycles. The van der Waals surface area contributed by atoms with E-state index in [0.29, 0.717) is 30.1 Å². The Morgan fingerprint density at radius 2 is 2.00 bits per heavy atom. The highest BCUT2D eigenvalue weighted by atomic mass is 32.1. The molecule has 1 saturated heterocycles. The molecule has 31 heavy (non-hydrogen) atoms. The molecule has 1 aliphatic rings. The van der Waals surface area contributed by atoms with E-state index in [2.05, 4.69) is 30.7 Å². The van der Waals surface area contributed by atoms with Crippen molar-refractivity contribution < 1.29 is 27.8 Å². The Kier molecular flexibility index (Phi) is 6.95. The highest BCUT2D eigenvalue weighted by Gasteiger charge is 2.37. The number of thiophene rings is 1. The van der Waals surface area contributed by atoms with Gasteiger partial charge in [-0.2, -0.15) is 13.2 Å². The van der Waals surface area contributed by atoms with Gasteiger partial charge in [0, 0.05) is 30.7 Å². The van der Waals surface area contributed by atoms with Crippen LogP contribution in [0.1, 0.15) is 32.1 Å². The van der Waals surface area contributed by atoms with Crippen LogP contribution in [0.15, 0.2) is 30.5 Å². The number of hydrogen-bond acceptors (Lipinski definition) is 5. The van der Waals surface area contributed by atoms with Crippen molar-refractivity contribution in [1.82, 2.24) is 9.88 Å². The highest BCUT2D eigenvalue weighted by molar-refractivity contribution is 7.15. The lowest BCUT2D eigenvalue weighted by molar-refractivity contribution is -0.153. The van der Waals surface area contributed by atoms with Crippen LogP contribution in [0.3, 0.4) is 0 Å². The number of aliphatic carboxylic acids is 1. The standard InChI is InChI=1S/C22H27F3N2O3S/c1-21(2,3)15-9-14(20(28)29)10-27(11-15)12-16-6-7-18(31-16)19-17(5-4-8-26-19)30-13-22(23,24)25/h4-8,14-15H,9-13H2,1-3H3,(H,28,29)/t14-,15-/m1/s1. The number of ether oxygens (including phenoxy) is 1. The zero-order chi connectivity index (χ0) is 22.8. The molecule has 1 N–H and O–H groups in total. The van der Waals surface area contributed by atoms with E-state index in [9.17, 15) is 23.1 Å². The number of hydrogen-bond donors (Lipinski definition) is 1. The maximum atomic E-state index is 12.6. The van der Waals surface area contributed by atoms with E-state index in [0.717, 1.165) is 11.4 Å². The van der Waals surface area contributed by atoms with E-state index in [1.165, 1.54) is 29.7 Å². The molecule has 0 radical (unpaired) electrons. The zero-order valence-electron chi connectivity index (χ0n) is 17.8. The Morgan fingerprint density at radius 3 is 2.65 bits per heavy atom. The molecule has 2 atom stereocenters. The lowest BCUT2D eigenvalue weighted by Crippen LogP contribution is -2.46. The summed E-state index contributed by atoms with van der Waals surface area (Å²) in [7, 11) is 0. The smallest absolute Gasteiger partial charge is 0.422 e. The number of piperidine rings is 1. The molecule has 0 aliphatic carbocycles. The summed E-state index contributed by atoms with van der Waals surface area (Å²) in [6.07, 6.45) is -2.24. The van der Waals surface area contributed by atoms with Crippen LogP contribution in [0.5, 0.6) is 5.75 Å². The van der Waals surface area contributed by atoms with E-state index in [1.54, 1.807) is 0 Å². The normalized spacial score (nSPS) is 20.6. The minimum Gasteiger partial charge on any atom is -0.482 e. The number of aromatic nitrogens is 1. The van der Waals surface area contributed by atoms with Gasteiger partial charge >= 0.3 is 12.1 Å². The first-order valence-electron chi connectivity index (χ1n) is 10.1. The van der Waals surface area contributed by atoms with Crippen molar-refractivity contribution in [1.29, 1.82) is 0 Å². The molecular formula is C22H27F3N2O3S. The fourth-order valence-electron chi connectivity index (χ4n) is 3.79. The second-order valence-electron chi connectivity index (χ2n) is 9.05. The monoisotopic (exact) mass is 456 g/mol. The van der Waals surface area contributed by atoms with Crippen molar-refractivity contribution in [2.75, 3.05) is 19.7 Å². The summed E-state index contributed by atoms with van der Waals surface area (Å²) in [6.45, 7) is 6.91. The predicted molar refractivity (Wildman–Crippen MR) is 113 cm³/mol. The Morgan fingerprint density at radius 1 is 1.26 bits per heavy atom. The largest absolute Gasteiger partial charge is 0.482 e. The maximum Gasteiger partial charge on any atom is 0.422 e. The number of nitrogens with zero attached hydrogens (tertiary/aromatic N) is 2. The van der Waals surface area contributed by atoms with E-state index in [-0.39, 0.29) is 17.1 Å². The molecule has 5 nitrogen and oxygen atoms in total. The Hall–Kier alpha value is -2.13. The third-order valence-corrected chi connectivity index (χ3v) is 6.61. The lowest BCUT2D eigenvalue weighted by Gasteiger charge is -2.42. The molecule has 0 aromatic carbocycles. The summed E-state index contributed by atoms with van der Waals surface area (Å²) in [5, 5.41) is 9.57. The second-order valence-corrected chi connectivity index (χ2v) is 10.2. The van der Waals surface area contributed by atoms with Crippen molar-refractivity contribution in [3.63, 3.8) is 0 Å². The zero-order valence-corrected chi connectivity index (χ0v) is 18.6. The van der Waals surface area contributed by atoms with Gasteiger partial charge in [-0.05, 0) is 42.0 Å². The first-order chi connectivity index (χ1) is 14.4. The first kappa shape index (κ1) is 23.5. The molecule has 2 aromatic rings. The number of carbonyl (C=O) groups is 1. The molecular weight excluding hydrogens is 429 g/mol. The van der Waals surface area contributed by atoms with Gasteiger partial charge in [-0.3, -0.25) is 14.7 Å². The Labute approximate surface area is 183 Å². The molecule has 0 bridgehead atoms. The molecule has 0 amide bonds. The Bertz CT molecular complexity index is 908. The molecule has 3 rings (SSSR count). The van der Waals surface area contributed by atoms with Crippen molar-refractivity contribution in [3.05, 3.63) is 35.3 Å². The maximum absolute atomic E-state index is 12.6. The summed E-state index contributed by atoms with van der Waals surface area (Å²) >= 11 is 1.43. The van der Waals surface area contributed by atoms with Crippen LogP contribution in [0.2, 0.25) is 0 Å². The van der Waals surface area contributed by atoms with Crippen LogP contribution in [0, 0.1) is 17.3 Å². The molecule has 3 heterocycles. The first-order valence-corrected chi connectivity index (χ1v) is 10.9. The molecule has 1 aliphatic heterocycles. The van der Waals surface area contributed by atoms with Crippen LogP contribution in [-0.2, 0) is 11.3 Å². The average Bonchev–Trinajstić information content (AvgIpc) is 3.13. The van der Waals surface area contributed by atoms with Gasteiger partial charge in [0.15, 0.2) is 6.61 Å². The van der Waals surface area contributed by atoms with E-state index < -0.39 is 24.7 Å². The molecule has 0 unspecified atom stereocenters. The summed E-state index contributed by atoms with van der Waals surface area (Å²) < 4.78 is 42.6. The third kappa shape index (κ3) is 6.43. The minimum absolute atomic E-state index is 0.00562. The summed E-state index contributed by atoms with van der Waals surface area (Å²) in [4.78, 5) is 19.7. The van der Waals surface area contributed by atoms with Crippen LogP contribution >= 0.6 is 11.3 Å². The van der Waals surface area contributed by atoms with Crippen LogP contribution in [0.25, 0.3) is 10.6 Å². The lowest BCUT2D eigenvalue weighted by atomic mass is 9.73. The van der Waals surface area contributed by atoms with Gasteiger partial charge in [-0.25, -0.2) is 0 Å². The molecule has 0 spiro atoms. The number of pyridine rings is 1. The number of rotatable bonds is 6. The quantitative estimate of drug-likeness (QED) is 0.638. The summed E-state index contributed by atoms with van der Waals surface area (Å²) in [5.41, 5.74) is 0.378. The SMILES string of the molecule is CC(C)(C)[C@@H]1C[C@@H](C(=O)O)CN(Cc2ccc(-c3ncccc3OCC(F)(F)F)s2)C1. The molecule has 1 fully saturated rings. The van der Waals surface area contributed by atoms with Gasteiger partial charge in [-0.15, -0.1) is 11.3 Å². The van der Waals surface area contributed by atoms with E-state index >= 15 is 0 Å². The van der Waals surface area contributed by atoms with Crippen molar-refractivity contribution in [3.8, 4) is 16.3 Å². The van der Waals surface area contributed by atoms with Gasteiger partial charge in [0.25, 0.3) is 0 Å². The summed E-state index contributed by atoms with van der Waals surface area (Å²) in [6, 6.07) is 6.75. The van der Waals surface area contributed by atoms with Gasteiger partial charge in [0.1, 0.15) is 11.4 Å². The second kappa shape index (κ2) is 9.16. The Balaban J connectivity index is 1.75. The topological polar surface area (TPSA) is 62.7 Å². The van der Waals surface area contributed by atoms with Crippen molar-refractivity contribution in [2.45, 2.75) is 39.9 Å². The molecule has 0 saturated carbocycles. The third-order valence-electron chi connectivity index (χ3n) is 5.54. The van der Waals surface area contributed by atoms with E-state index in [1.807, 2.05) is 12.1 Å². The van der Waals surface area contributed by atoms with Gasteiger partial charge in [0.2, 0.25) is 0 Å². The fourth-order valence-corrected chi connectivity index (χ4v) is 4.84. The van der Waals surface area contributed by atoms with Gasteiger partial charge < -0.3 is 9.84 Å². The predicted octanol–water partition coefficient (Wildman–Crippen LogP) is 5.32. The number of carboxylic acid groups (broad SMARTS) is 1. The molecule has 170 valence electrons. The number of alkyl halides is 3. The van der Waals surface area contributed by atoms with E-state index in [4.69, 9.17) is 4.74 Å². The molecule has 9 heteroatoms. The van der Waals surface area contributed by atoms with Crippen LogP contribution < -0.4 is 4.74 Å². The average molecular weight is 457 g/mol. The van der Waals surface area contributed by atoms with Crippen molar-refractivity contribution in [2.24, 2.45) is 17.3 Å². The van der Waals surface area contributed by atoms with Crippen LogP contribution in [-0.4, -0.2) is 46.8 Å². The fraction of sp³-hybridized carbons (Fsp3) is 0.545. The van der Waals surface area contributed by atoms with Crippen molar-refractivity contribution >= 4 is 17.3 Å². The highest BCUT2D eigenvalue weighted by Crippen LogP contribution is 2.38.